The predicted octanol–water partition coefficient (Wildman–Crippen LogP) is 15.4. The van der Waals surface area contributed by atoms with Crippen LogP contribution in [-0.4, -0.2) is 9.97 Å². The summed E-state index contributed by atoms with van der Waals surface area (Å²) in [5.74, 6) is 0.420. The van der Waals surface area contributed by atoms with Crippen molar-refractivity contribution >= 4 is 56.5 Å². The first-order chi connectivity index (χ1) is 28.5. The van der Waals surface area contributed by atoms with E-state index in [1.807, 2.05) is 11.3 Å². The van der Waals surface area contributed by atoms with E-state index in [2.05, 4.69) is 204 Å². The number of rotatable bonds is 8. The molecule has 5 heteroatoms. The number of aryl methyl sites for hydroxylation is 4. The summed E-state index contributed by atoms with van der Waals surface area (Å²) in [6.45, 7) is 15.9. The van der Waals surface area contributed by atoms with E-state index in [-0.39, 0.29) is 10.8 Å². The molecule has 1 saturated carbocycles. The normalized spacial score (nSPS) is 17.6. The molecular formula is C54H50N4S. The van der Waals surface area contributed by atoms with Crippen molar-refractivity contribution in [1.82, 2.24) is 9.97 Å². The Morgan fingerprint density at radius 2 is 0.881 bits per heavy atom. The molecule has 0 radical (unpaired) electrons. The minimum Gasteiger partial charge on any atom is -0.310 e. The van der Waals surface area contributed by atoms with E-state index >= 15 is 0 Å². The molecular weight excluding hydrogens is 737 g/mol. The molecule has 8 aromatic rings. The van der Waals surface area contributed by atoms with Gasteiger partial charge in [-0.2, -0.15) is 0 Å². The van der Waals surface area contributed by atoms with Crippen LogP contribution in [0, 0.1) is 33.1 Å². The minimum atomic E-state index is 0.0102. The topological polar surface area (TPSA) is 32.3 Å². The van der Waals surface area contributed by atoms with Crippen LogP contribution in [0.2, 0.25) is 0 Å². The highest BCUT2D eigenvalue weighted by atomic mass is 32.1. The van der Waals surface area contributed by atoms with E-state index < -0.39 is 0 Å². The van der Waals surface area contributed by atoms with Gasteiger partial charge < -0.3 is 9.80 Å². The second-order valence-corrected chi connectivity index (χ2v) is 18.7. The molecule has 0 amide bonds. The summed E-state index contributed by atoms with van der Waals surface area (Å²) in [6, 6.07) is 53.2. The highest BCUT2D eigenvalue weighted by molar-refractivity contribution is 7.20. The molecule has 0 aliphatic heterocycles. The number of thiophene rings is 1. The fraction of sp³-hybridized carbons (Fsp3) is 0.222. The minimum absolute atomic E-state index is 0.0102. The van der Waals surface area contributed by atoms with Crippen molar-refractivity contribution in [2.75, 3.05) is 9.80 Å². The Bertz CT molecular complexity index is 2800. The summed E-state index contributed by atoms with van der Waals surface area (Å²) in [6.07, 6.45) is 2.33. The van der Waals surface area contributed by atoms with Gasteiger partial charge in [0.1, 0.15) is 11.0 Å². The lowest BCUT2D eigenvalue weighted by Crippen LogP contribution is -2.31. The maximum absolute atomic E-state index is 5.67. The van der Waals surface area contributed by atoms with Crippen molar-refractivity contribution < 1.29 is 0 Å². The third kappa shape index (κ3) is 6.17. The van der Waals surface area contributed by atoms with Gasteiger partial charge in [-0.25, -0.2) is 9.97 Å². The number of benzene rings is 6. The zero-order chi connectivity index (χ0) is 40.6. The predicted molar refractivity (Wildman–Crippen MR) is 250 cm³/mol. The van der Waals surface area contributed by atoms with Gasteiger partial charge in [0.2, 0.25) is 0 Å². The van der Waals surface area contributed by atoms with Gasteiger partial charge >= 0.3 is 0 Å². The fourth-order valence-electron chi connectivity index (χ4n) is 9.89. The number of aromatic nitrogens is 2. The van der Waals surface area contributed by atoms with E-state index in [1.54, 1.807) is 0 Å². The molecule has 6 aromatic carbocycles. The molecule has 59 heavy (non-hydrogen) atoms. The Hall–Kier alpha value is -6.04. The second kappa shape index (κ2) is 14.1. The summed E-state index contributed by atoms with van der Waals surface area (Å²) in [5.41, 5.74) is 18.6. The van der Waals surface area contributed by atoms with Gasteiger partial charge in [-0.15, -0.1) is 11.3 Å². The first-order valence-electron chi connectivity index (χ1n) is 20.9. The highest BCUT2D eigenvalue weighted by Crippen LogP contribution is 2.67. The average Bonchev–Trinajstić information content (AvgIpc) is 3.76. The van der Waals surface area contributed by atoms with E-state index in [0.717, 1.165) is 62.7 Å². The van der Waals surface area contributed by atoms with Crippen LogP contribution in [0.5, 0.6) is 0 Å². The van der Waals surface area contributed by atoms with E-state index in [9.17, 15) is 0 Å². The van der Waals surface area contributed by atoms with Crippen molar-refractivity contribution in [2.24, 2.45) is 5.41 Å². The molecule has 10 rings (SSSR count). The molecule has 1 fully saturated rings. The van der Waals surface area contributed by atoms with Gasteiger partial charge in [0.05, 0.1) is 21.1 Å². The Morgan fingerprint density at radius 3 is 1.27 bits per heavy atom. The van der Waals surface area contributed by atoms with Gasteiger partial charge in [-0.3, -0.25) is 0 Å². The Morgan fingerprint density at radius 1 is 0.492 bits per heavy atom. The zero-order valence-corrected chi connectivity index (χ0v) is 35.9. The number of hydrogen-bond acceptors (Lipinski definition) is 5. The molecule has 2 atom stereocenters. The van der Waals surface area contributed by atoms with Crippen molar-refractivity contribution in [3.63, 3.8) is 0 Å². The Kier molecular flexibility index (Phi) is 8.88. The fourth-order valence-corrected chi connectivity index (χ4v) is 11.1. The monoisotopic (exact) mass is 786 g/mol. The third-order valence-electron chi connectivity index (χ3n) is 13.5. The number of hydrogen-bond donors (Lipinski definition) is 0. The van der Waals surface area contributed by atoms with Gasteiger partial charge in [0, 0.05) is 45.5 Å². The van der Waals surface area contributed by atoms with Gasteiger partial charge in [-0.1, -0.05) is 93.6 Å². The molecule has 292 valence electrons. The van der Waals surface area contributed by atoms with Gasteiger partial charge in [0.25, 0.3) is 0 Å². The van der Waals surface area contributed by atoms with Crippen molar-refractivity contribution in [3.05, 3.63) is 179 Å². The van der Waals surface area contributed by atoms with Crippen LogP contribution in [-0.2, 0) is 5.41 Å². The maximum Gasteiger partial charge on any atom is 0.108 e. The second-order valence-electron chi connectivity index (χ2n) is 17.7. The van der Waals surface area contributed by atoms with Gasteiger partial charge in [0.15, 0.2) is 0 Å². The molecule has 2 bridgehead atoms. The largest absolute Gasteiger partial charge is 0.310 e. The van der Waals surface area contributed by atoms with Crippen LogP contribution in [0.1, 0.15) is 73.2 Å². The van der Waals surface area contributed by atoms with Gasteiger partial charge in [-0.05, 0) is 152 Å². The Labute approximate surface area is 352 Å². The van der Waals surface area contributed by atoms with E-state index in [0.29, 0.717) is 5.92 Å². The molecule has 2 heterocycles. The molecule has 2 aliphatic carbocycles. The standard InChI is InChI=1S/C54H50N4S/c1-34-12-8-16-42(30-34)57(43-17-9-13-35(2)31-43)40-24-20-38(21-25-40)50-48-49(56-52-47(55-48)46-28-29-54(52,7)53(46,5)6)51(59-50)39-22-26-41(27-23-39)58(44-18-10-14-36(3)32-44)45-19-11-15-37(4)33-45/h8-27,30-33,46H,28-29H2,1-7H3. The third-order valence-corrected chi connectivity index (χ3v) is 14.7. The summed E-state index contributed by atoms with van der Waals surface area (Å²) >= 11 is 1.82. The lowest BCUT2D eigenvalue weighted by Gasteiger charge is -2.34. The number of nitrogens with zero attached hydrogens (tertiary/aromatic N) is 4. The van der Waals surface area contributed by atoms with Crippen LogP contribution < -0.4 is 9.80 Å². The van der Waals surface area contributed by atoms with Crippen LogP contribution in [0.4, 0.5) is 34.1 Å². The van der Waals surface area contributed by atoms with Crippen LogP contribution in [0.25, 0.3) is 31.9 Å². The van der Waals surface area contributed by atoms with Crippen LogP contribution >= 0.6 is 11.3 Å². The lowest BCUT2D eigenvalue weighted by atomic mass is 9.70. The summed E-state index contributed by atoms with van der Waals surface area (Å²) in [7, 11) is 0. The first kappa shape index (κ1) is 37.2. The average molecular weight is 787 g/mol. The van der Waals surface area contributed by atoms with Crippen molar-refractivity contribution in [1.29, 1.82) is 0 Å². The quantitative estimate of drug-likeness (QED) is 0.154. The Balaban J connectivity index is 1.10. The number of anilines is 6. The summed E-state index contributed by atoms with van der Waals surface area (Å²) in [4.78, 5) is 18.4. The molecule has 0 saturated heterocycles. The first-order valence-corrected chi connectivity index (χ1v) is 21.7. The SMILES string of the molecule is Cc1cccc(N(c2ccc(-c3sc(-c4ccc(N(c5cccc(C)c5)c5cccc(C)c5)cc4)c4nc5c(nc34)C3CCC5(C)C3(C)C)cc2)c2cccc(C)c2)c1. The number of fused-ring (bicyclic) bond motifs is 6. The highest BCUT2D eigenvalue weighted by Gasteiger charge is 2.61. The van der Waals surface area contributed by atoms with Crippen LogP contribution in [0.3, 0.4) is 0 Å². The molecule has 2 unspecified atom stereocenters. The molecule has 4 nitrogen and oxygen atoms in total. The summed E-state index contributed by atoms with van der Waals surface area (Å²) < 4.78 is 0. The van der Waals surface area contributed by atoms with Crippen molar-refractivity contribution in [3.8, 4) is 20.9 Å². The van der Waals surface area contributed by atoms with Crippen LogP contribution in [0.15, 0.2) is 146 Å². The summed E-state index contributed by atoms with van der Waals surface area (Å²) in [5, 5.41) is 0. The smallest absolute Gasteiger partial charge is 0.108 e. The lowest BCUT2D eigenvalue weighted by molar-refractivity contribution is 0.227. The maximum atomic E-state index is 5.67. The molecule has 0 N–H and O–H groups in total. The van der Waals surface area contributed by atoms with Crippen molar-refractivity contribution in [2.45, 2.75) is 72.6 Å². The molecule has 0 spiro atoms. The zero-order valence-electron chi connectivity index (χ0n) is 35.0. The van der Waals surface area contributed by atoms with E-state index in [4.69, 9.17) is 9.97 Å². The molecule has 2 aliphatic rings. The molecule has 2 aromatic heterocycles. The van der Waals surface area contributed by atoms with E-state index in [1.165, 1.54) is 49.8 Å².